The fourth-order valence-electron chi connectivity index (χ4n) is 2.31. The van der Waals surface area contributed by atoms with Gasteiger partial charge in [-0.15, -0.1) is 0 Å². The molecule has 1 aliphatic heterocycles. The lowest BCUT2D eigenvalue weighted by Gasteiger charge is -2.11. The summed E-state index contributed by atoms with van der Waals surface area (Å²) in [5.41, 5.74) is 2.38. The molecule has 0 aliphatic carbocycles. The van der Waals surface area contributed by atoms with E-state index in [1.165, 1.54) is 18.5 Å². The van der Waals surface area contributed by atoms with Crippen LogP contribution in [-0.4, -0.2) is 29.0 Å². The third-order valence-electron chi connectivity index (χ3n) is 3.12. The predicted molar refractivity (Wildman–Crippen MR) is 67.9 cm³/mol. The third kappa shape index (κ3) is 3.54. The molecule has 1 fully saturated rings. The van der Waals surface area contributed by atoms with Crippen LogP contribution in [0.15, 0.2) is 6.07 Å². The van der Waals surface area contributed by atoms with Gasteiger partial charge >= 0.3 is 0 Å². The van der Waals surface area contributed by atoms with Crippen molar-refractivity contribution in [2.45, 2.75) is 52.3 Å². The molecule has 1 aromatic heterocycles. The molecule has 4 nitrogen and oxygen atoms in total. The van der Waals surface area contributed by atoms with Gasteiger partial charge in [-0.3, -0.25) is 4.68 Å². The Labute approximate surface area is 103 Å². The van der Waals surface area contributed by atoms with Crippen LogP contribution in [0.1, 0.15) is 37.6 Å². The standard InChI is InChI=1S/C13H23N3O/c1-3-6-16-12(8-11(2)15-16)9-14-10-13-5-4-7-17-13/h8,13-14H,3-7,9-10H2,1-2H3/t13-/m0/s1. The van der Waals surface area contributed by atoms with Gasteiger partial charge in [0.25, 0.3) is 0 Å². The Balaban J connectivity index is 1.80. The van der Waals surface area contributed by atoms with Crippen LogP contribution in [-0.2, 0) is 17.8 Å². The van der Waals surface area contributed by atoms with Crippen molar-refractivity contribution < 1.29 is 4.74 Å². The van der Waals surface area contributed by atoms with E-state index in [4.69, 9.17) is 4.74 Å². The first kappa shape index (κ1) is 12.6. The van der Waals surface area contributed by atoms with Gasteiger partial charge in [0.1, 0.15) is 0 Å². The minimum absolute atomic E-state index is 0.415. The zero-order chi connectivity index (χ0) is 12.1. The summed E-state index contributed by atoms with van der Waals surface area (Å²) in [6.07, 6.45) is 3.94. The summed E-state index contributed by atoms with van der Waals surface area (Å²) in [5, 5.41) is 7.97. The van der Waals surface area contributed by atoms with Crippen molar-refractivity contribution in [2.24, 2.45) is 0 Å². The van der Waals surface area contributed by atoms with Crippen molar-refractivity contribution >= 4 is 0 Å². The highest BCUT2D eigenvalue weighted by Crippen LogP contribution is 2.11. The smallest absolute Gasteiger partial charge is 0.0700 e. The molecule has 1 atom stereocenters. The van der Waals surface area contributed by atoms with E-state index in [0.29, 0.717) is 6.10 Å². The molecule has 2 rings (SSSR count). The average Bonchev–Trinajstić information content (AvgIpc) is 2.90. The molecular formula is C13H23N3O. The first-order valence-corrected chi connectivity index (χ1v) is 6.65. The van der Waals surface area contributed by atoms with Crippen molar-refractivity contribution in [1.82, 2.24) is 15.1 Å². The summed E-state index contributed by atoms with van der Waals surface area (Å²) in [6.45, 7) is 8.01. The molecule has 2 heterocycles. The maximum atomic E-state index is 5.59. The molecule has 17 heavy (non-hydrogen) atoms. The van der Waals surface area contributed by atoms with Gasteiger partial charge in [0.05, 0.1) is 17.5 Å². The quantitative estimate of drug-likeness (QED) is 0.821. The number of rotatable bonds is 6. The fraction of sp³-hybridized carbons (Fsp3) is 0.769. The second-order valence-corrected chi connectivity index (χ2v) is 4.77. The number of aryl methyl sites for hydroxylation is 2. The molecule has 0 unspecified atom stereocenters. The maximum Gasteiger partial charge on any atom is 0.0700 e. The van der Waals surface area contributed by atoms with Gasteiger partial charge in [-0.05, 0) is 32.3 Å². The van der Waals surface area contributed by atoms with E-state index in [-0.39, 0.29) is 0 Å². The normalized spacial score (nSPS) is 20.0. The van der Waals surface area contributed by atoms with Crippen molar-refractivity contribution in [3.05, 3.63) is 17.5 Å². The third-order valence-corrected chi connectivity index (χ3v) is 3.12. The molecule has 0 aromatic carbocycles. The topological polar surface area (TPSA) is 39.1 Å². The molecule has 0 radical (unpaired) electrons. The van der Waals surface area contributed by atoms with E-state index in [2.05, 4.69) is 35.0 Å². The monoisotopic (exact) mass is 237 g/mol. The zero-order valence-electron chi connectivity index (χ0n) is 10.9. The van der Waals surface area contributed by atoms with Gasteiger partial charge < -0.3 is 10.1 Å². The average molecular weight is 237 g/mol. The van der Waals surface area contributed by atoms with E-state index >= 15 is 0 Å². The lowest BCUT2D eigenvalue weighted by Crippen LogP contribution is -2.26. The number of aromatic nitrogens is 2. The van der Waals surface area contributed by atoms with Crippen molar-refractivity contribution in [3.8, 4) is 0 Å². The summed E-state index contributed by atoms with van der Waals surface area (Å²) in [4.78, 5) is 0. The van der Waals surface area contributed by atoms with E-state index in [1.54, 1.807) is 0 Å². The minimum Gasteiger partial charge on any atom is -0.377 e. The summed E-state index contributed by atoms with van der Waals surface area (Å²) < 4.78 is 7.70. The molecule has 1 N–H and O–H groups in total. The summed E-state index contributed by atoms with van der Waals surface area (Å²) >= 11 is 0. The molecule has 0 saturated carbocycles. The first-order valence-electron chi connectivity index (χ1n) is 6.65. The number of ether oxygens (including phenoxy) is 1. The Morgan fingerprint density at radius 1 is 1.59 bits per heavy atom. The highest BCUT2D eigenvalue weighted by molar-refractivity contribution is 5.08. The number of nitrogens with zero attached hydrogens (tertiary/aromatic N) is 2. The Morgan fingerprint density at radius 3 is 3.18 bits per heavy atom. The van der Waals surface area contributed by atoms with Gasteiger partial charge in [-0.25, -0.2) is 0 Å². The molecule has 96 valence electrons. The van der Waals surface area contributed by atoms with Crippen LogP contribution in [0.25, 0.3) is 0 Å². The largest absolute Gasteiger partial charge is 0.377 e. The Kier molecular flexibility index (Phi) is 4.57. The van der Waals surface area contributed by atoms with Crippen LogP contribution in [0.5, 0.6) is 0 Å². The van der Waals surface area contributed by atoms with Crippen molar-refractivity contribution in [3.63, 3.8) is 0 Å². The highest BCUT2D eigenvalue weighted by Gasteiger charge is 2.14. The lowest BCUT2D eigenvalue weighted by atomic mass is 10.2. The van der Waals surface area contributed by atoms with Crippen LogP contribution in [0.2, 0.25) is 0 Å². The highest BCUT2D eigenvalue weighted by atomic mass is 16.5. The Bertz CT molecular complexity index is 342. The maximum absolute atomic E-state index is 5.59. The number of hydrogen-bond acceptors (Lipinski definition) is 3. The van der Waals surface area contributed by atoms with Gasteiger partial charge in [-0.1, -0.05) is 6.92 Å². The number of hydrogen-bond donors (Lipinski definition) is 1. The van der Waals surface area contributed by atoms with E-state index in [1.807, 2.05) is 0 Å². The van der Waals surface area contributed by atoms with Crippen LogP contribution >= 0.6 is 0 Å². The van der Waals surface area contributed by atoms with E-state index in [0.717, 1.165) is 38.4 Å². The number of nitrogens with one attached hydrogen (secondary N) is 1. The molecule has 1 saturated heterocycles. The van der Waals surface area contributed by atoms with Gasteiger partial charge in [0.15, 0.2) is 0 Å². The van der Waals surface area contributed by atoms with Crippen LogP contribution in [0.4, 0.5) is 0 Å². The lowest BCUT2D eigenvalue weighted by molar-refractivity contribution is 0.109. The summed E-state index contributed by atoms with van der Waals surface area (Å²) in [5.74, 6) is 0. The molecule has 4 heteroatoms. The molecular weight excluding hydrogens is 214 g/mol. The molecule has 1 aromatic rings. The minimum atomic E-state index is 0.415. The second kappa shape index (κ2) is 6.17. The summed E-state index contributed by atoms with van der Waals surface area (Å²) in [6, 6.07) is 2.16. The van der Waals surface area contributed by atoms with Gasteiger partial charge in [0, 0.05) is 26.2 Å². The fourth-order valence-corrected chi connectivity index (χ4v) is 2.31. The Hall–Kier alpha value is -0.870. The van der Waals surface area contributed by atoms with Crippen LogP contribution < -0.4 is 5.32 Å². The van der Waals surface area contributed by atoms with E-state index in [9.17, 15) is 0 Å². The molecule has 0 bridgehead atoms. The second-order valence-electron chi connectivity index (χ2n) is 4.77. The van der Waals surface area contributed by atoms with E-state index < -0.39 is 0 Å². The van der Waals surface area contributed by atoms with Gasteiger partial charge in [0.2, 0.25) is 0 Å². The molecule has 0 amide bonds. The first-order chi connectivity index (χ1) is 8.29. The SMILES string of the molecule is CCCn1nc(C)cc1CNC[C@@H]1CCCO1. The predicted octanol–water partition coefficient (Wildman–Crippen LogP) is 1.87. The van der Waals surface area contributed by atoms with Gasteiger partial charge in [-0.2, -0.15) is 5.10 Å². The summed E-state index contributed by atoms with van der Waals surface area (Å²) in [7, 11) is 0. The van der Waals surface area contributed by atoms with Crippen molar-refractivity contribution in [2.75, 3.05) is 13.2 Å². The molecule has 0 spiro atoms. The molecule has 1 aliphatic rings. The van der Waals surface area contributed by atoms with Crippen LogP contribution in [0, 0.1) is 6.92 Å². The Morgan fingerprint density at radius 2 is 2.47 bits per heavy atom. The zero-order valence-corrected chi connectivity index (χ0v) is 10.9. The van der Waals surface area contributed by atoms with Crippen molar-refractivity contribution in [1.29, 1.82) is 0 Å². The van der Waals surface area contributed by atoms with Crippen LogP contribution in [0.3, 0.4) is 0 Å².